The Kier molecular flexibility index (Phi) is 9.46. The van der Waals surface area contributed by atoms with E-state index in [-0.39, 0.29) is 25.8 Å². The Morgan fingerprint density at radius 2 is 1.56 bits per heavy atom. The van der Waals surface area contributed by atoms with E-state index >= 15 is 0 Å². The Bertz CT molecular complexity index is 947. The number of benzene rings is 2. The molecule has 0 saturated heterocycles. The van der Waals surface area contributed by atoms with E-state index in [1.54, 1.807) is 6.92 Å². The fourth-order valence-corrected chi connectivity index (χ4v) is 3.85. The molecule has 8 nitrogen and oxygen atoms in total. The molecule has 0 bridgehead atoms. The molecular weight excluding hydrogens is 436 g/mol. The average Bonchev–Trinajstić information content (AvgIpc) is 3.18. The highest BCUT2D eigenvalue weighted by atomic mass is 16.6. The number of esters is 1. The van der Waals surface area contributed by atoms with Gasteiger partial charge in [0.05, 0.1) is 6.61 Å². The van der Waals surface area contributed by atoms with Crippen molar-refractivity contribution in [2.45, 2.75) is 45.1 Å². The predicted octanol–water partition coefficient (Wildman–Crippen LogP) is 3.74. The van der Waals surface area contributed by atoms with Crippen molar-refractivity contribution in [2.24, 2.45) is 0 Å². The maximum atomic E-state index is 12.2. The van der Waals surface area contributed by atoms with Crippen LogP contribution < -0.4 is 10.6 Å². The minimum absolute atomic E-state index is 0.0524. The van der Waals surface area contributed by atoms with Crippen molar-refractivity contribution < 1.29 is 28.6 Å². The summed E-state index contributed by atoms with van der Waals surface area (Å²) in [6.07, 6.45) is 0.729. The van der Waals surface area contributed by atoms with E-state index in [1.807, 2.05) is 43.3 Å². The maximum Gasteiger partial charge on any atom is 0.407 e. The zero-order valence-corrected chi connectivity index (χ0v) is 19.7. The molecule has 0 aliphatic heterocycles. The lowest BCUT2D eigenvalue weighted by molar-refractivity contribution is -0.158. The first-order valence-corrected chi connectivity index (χ1v) is 11.7. The normalized spacial score (nSPS) is 12.9. The Morgan fingerprint density at radius 3 is 2.18 bits per heavy atom. The molecular formula is C26H32N2O6. The molecule has 1 aliphatic rings. The first-order chi connectivity index (χ1) is 16.5. The van der Waals surface area contributed by atoms with Gasteiger partial charge in [-0.3, -0.25) is 4.79 Å². The highest BCUT2D eigenvalue weighted by Gasteiger charge is 2.29. The number of hydrogen-bond donors (Lipinski definition) is 2. The van der Waals surface area contributed by atoms with Gasteiger partial charge < -0.3 is 24.8 Å². The predicted molar refractivity (Wildman–Crippen MR) is 127 cm³/mol. The van der Waals surface area contributed by atoms with Crippen molar-refractivity contribution >= 4 is 18.0 Å². The topological polar surface area (TPSA) is 103 Å². The number of rotatable bonds is 12. The van der Waals surface area contributed by atoms with Gasteiger partial charge in [0.2, 0.25) is 5.91 Å². The summed E-state index contributed by atoms with van der Waals surface area (Å²) in [4.78, 5) is 36.1. The van der Waals surface area contributed by atoms with Crippen LogP contribution in [0.15, 0.2) is 48.5 Å². The molecule has 0 aromatic heterocycles. The van der Waals surface area contributed by atoms with Crippen LogP contribution in [-0.2, 0) is 23.8 Å². The van der Waals surface area contributed by atoms with Crippen molar-refractivity contribution in [1.82, 2.24) is 10.6 Å². The van der Waals surface area contributed by atoms with Crippen LogP contribution in [0.1, 0.15) is 50.2 Å². The molecule has 2 amide bonds. The second-order valence-corrected chi connectivity index (χ2v) is 8.01. The Labute approximate surface area is 200 Å². The molecule has 0 radical (unpaired) electrons. The van der Waals surface area contributed by atoms with E-state index in [1.165, 1.54) is 0 Å². The molecule has 0 fully saturated rings. The van der Waals surface area contributed by atoms with Gasteiger partial charge >= 0.3 is 12.1 Å². The molecule has 1 atom stereocenters. The minimum atomic E-state index is -0.743. The molecule has 1 unspecified atom stereocenters. The van der Waals surface area contributed by atoms with Crippen LogP contribution in [0.2, 0.25) is 0 Å². The fourth-order valence-electron chi connectivity index (χ4n) is 3.85. The second kappa shape index (κ2) is 12.7. The van der Waals surface area contributed by atoms with Crippen molar-refractivity contribution in [3.63, 3.8) is 0 Å². The summed E-state index contributed by atoms with van der Waals surface area (Å²) in [5.41, 5.74) is 4.52. The third kappa shape index (κ3) is 6.57. The second-order valence-electron chi connectivity index (χ2n) is 8.01. The molecule has 0 heterocycles. The third-order valence-corrected chi connectivity index (χ3v) is 5.67. The molecule has 0 saturated carbocycles. The van der Waals surface area contributed by atoms with E-state index < -0.39 is 24.1 Å². The Hall–Kier alpha value is -3.39. The molecule has 182 valence electrons. The quantitative estimate of drug-likeness (QED) is 0.280. The van der Waals surface area contributed by atoms with Gasteiger partial charge in [0.25, 0.3) is 0 Å². The van der Waals surface area contributed by atoms with Crippen molar-refractivity contribution in [3.8, 4) is 11.1 Å². The molecule has 8 heteroatoms. The number of amides is 2. The van der Waals surface area contributed by atoms with Crippen LogP contribution >= 0.6 is 0 Å². The molecule has 1 aliphatic carbocycles. The largest absolute Gasteiger partial charge is 0.464 e. The number of carbonyl (C=O) groups excluding carboxylic acids is 3. The van der Waals surface area contributed by atoms with Crippen LogP contribution in [-0.4, -0.2) is 50.6 Å². The summed E-state index contributed by atoms with van der Waals surface area (Å²) >= 11 is 0. The highest BCUT2D eigenvalue weighted by molar-refractivity contribution is 5.82. The first kappa shape index (κ1) is 25.2. The van der Waals surface area contributed by atoms with Crippen LogP contribution in [0.4, 0.5) is 4.79 Å². The monoisotopic (exact) mass is 468 g/mol. The van der Waals surface area contributed by atoms with Crippen molar-refractivity contribution in [2.75, 3.05) is 26.5 Å². The van der Waals surface area contributed by atoms with Gasteiger partial charge in [-0.15, -0.1) is 0 Å². The van der Waals surface area contributed by atoms with Crippen LogP contribution in [0.3, 0.4) is 0 Å². The third-order valence-electron chi connectivity index (χ3n) is 5.67. The maximum absolute atomic E-state index is 12.2. The lowest BCUT2D eigenvalue weighted by atomic mass is 9.98. The van der Waals surface area contributed by atoms with Gasteiger partial charge in [0.15, 0.2) is 6.10 Å². The Balaban J connectivity index is 1.38. The summed E-state index contributed by atoms with van der Waals surface area (Å²) in [5.74, 6) is -0.951. The lowest BCUT2D eigenvalue weighted by Gasteiger charge is -2.16. The molecule has 34 heavy (non-hydrogen) atoms. The highest BCUT2D eigenvalue weighted by Crippen LogP contribution is 2.44. The van der Waals surface area contributed by atoms with Gasteiger partial charge in [-0.2, -0.15) is 0 Å². The van der Waals surface area contributed by atoms with E-state index in [0.717, 1.165) is 35.1 Å². The molecule has 2 aromatic rings. The van der Waals surface area contributed by atoms with E-state index in [4.69, 9.17) is 14.2 Å². The minimum Gasteiger partial charge on any atom is -0.464 e. The molecule has 2 aromatic carbocycles. The average molecular weight is 469 g/mol. The summed E-state index contributed by atoms with van der Waals surface area (Å²) in [7, 11) is 0. The van der Waals surface area contributed by atoms with Gasteiger partial charge in [0, 0.05) is 5.92 Å². The summed E-state index contributed by atoms with van der Waals surface area (Å²) < 4.78 is 15.9. The smallest absolute Gasteiger partial charge is 0.407 e. The number of carbonyl (C=O) groups is 3. The summed E-state index contributed by atoms with van der Waals surface area (Å²) in [6, 6.07) is 16.1. The number of fused-ring (bicyclic) bond motifs is 3. The van der Waals surface area contributed by atoms with Crippen molar-refractivity contribution in [1.29, 1.82) is 0 Å². The van der Waals surface area contributed by atoms with Gasteiger partial charge in [-0.05, 0) is 35.1 Å². The number of unbranched alkanes of at least 4 members (excludes halogenated alkanes) is 1. The van der Waals surface area contributed by atoms with Gasteiger partial charge in [-0.1, -0.05) is 68.8 Å². The van der Waals surface area contributed by atoms with E-state index in [0.29, 0.717) is 13.0 Å². The number of ether oxygens (including phenoxy) is 3. The van der Waals surface area contributed by atoms with Crippen LogP contribution in [0.5, 0.6) is 0 Å². The first-order valence-electron chi connectivity index (χ1n) is 11.7. The van der Waals surface area contributed by atoms with Crippen LogP contribution in [0, 0.1) is 0 Å². The molecule has 0 spiro atoms. The summed E-state index contributed by atoms with van der Waals surface area (Å²) in [6.45, 7) is 3.90. The van der Waals surface area contributed by atoms with E-state index in [9.17, 15) is 14.4 Å². The van der Waals surface area contributed by atoms with Gasteiger partial charge in [-0.25, -0.2) is 9.59 Å². The zero-order valence-electron chi connectivity index (χ0n) is 19.7. The number of hydrogen-bond acceptors (Lipinski definition) is 6. The van der Waals surface area contributed by atoms with Crippen LogP contribution in [0.25, 0.3) is 11.1 Å². The lowest BCUT2D eigenvalue weighted by Crippen LogP contribution is -2.40. The number of alkyl carbamates (subject to hydrolysis) is 1. The Morgan fingerprint density at radius 1 is 0.912 bits per heavy atom. The standard InChI is InChI=1S/C26H32N2O6/c1-3-5-14-32-25(30)23(4-2)34-17-28-24(29)15-27-26(31)33-16-22-20-12-8-6-10-18(20)19-11-7-9-13-21(19)22/h6-13,22-23H,3-5,14-17H2,1-2H3,(H,27,31)(H,28,29). The molecule has 3 rings (SSSR count). The van der Waals surface area contributed by atoms with Crippen molar-refractivity contribution in [3.05, 3.63) is 59.7 Å². The van der Waals surface area contributed by atoms with Gasteiger partial charge in [0.1, 0.15) is 19.9 Å². The SMILES string of the molecule is CCCCOC(=O)C(CC)OCNC(=O)CNC(=O)OCC1c2ccccc2-c2ccccc21. The molecule has 2 N–H and O–H groups in total. The fraction of sp³-hybridized carbons (Fsp3) is 0.423. The zero-order chi connectivity index (χ0) is 24.3. The van der Waals surface area contributed by atoms with E-state index in [2.05, 4.69) is 22.8 Å². The number of nitrogens with one attached hydrogen (secondary N) is 2. The summed E-state index contributed by atoms with van der Waals surface area (Å²) in [5, 5.41) is 4.95.